The summed E-state index contributed by atoms with van der Waals surface area (Å²) in [5.41, 5.74) is 1.30. The van der Waals surface area contributed by atoms with Gasteiger partial charge in [0, 0.05) is 17.5 Å². The third-order valence-corrected chi connectivity index (χ3v) is 4.04. The number of phenols is 1. The van der Waals surface area contributed by atoms with Crippen molar-refractivity contribution in [2.45, 2.75) is 11.8 Å². The lowest BCUT2D eigenvalue weighted by Crippen LogP contribution is -2.14. The fraction of sp³-hybridized carbons (Fsp3) is 0.273. The van der Waals surface area contributed by atoms with Crippen molar-refractivity contribution in [1.82, 2.24) is 5.32 Å². The van der Waals surface area contributed by atoms with Gasteiger partial charge in [0.25, 0.3) is 0 Å². The van der Waals surface area contributed by atoms with Gasteiger partial charge in [-0.15, -0.1) is 0 Å². The van der Waals surface area contributed by atoms with Crippen LogP contribution in [0.4, 0.5) is 0 Å². The molecule has 1 heterocycles. The molecule has 0 radical (unpaired) electrons. The molecule has 2 N–H and O–H groups in total. The molecule has 86 valence electrons. The van der Waals surface area contributed by atoms with E-state index in [-0.39, 0.29) is 10.6 Å². The van der Waals surface area contributed by atoms with Gasteiger partial charge in [0.15, 0.2) is 0 Å². The summed E-state index contributed by atoms with van der Waals surface area (Å²) in [7, 11) is -3.32. The van der Waals surface area contributed by atoms with Crippen molar-refractivity contribution < 1.29 is 13.5 Å². The van der Waals surface area contributed by atoms with Crippen LogP contribution < -0.4 is 5.32 Å². The average Bonchev–Trinajstić information content (AvgIpc) is 2.47. The van der Waals surface area contributed by atoms with Gasteiger partial charge in [-0.3, -0.25) is 0 Å². The third kappa shape index (κ3) is 1.83. The lowest BCUT2D eigenvalue weighted by molar-refractivity contribution is 0.474. The Morgan fingerprint density at radius 2 is 2.12 bits per heavy atom. The number of fused-ring (bicyclic) bond motifs is 1. The number of nitrogens with one attached hydrogen (secondary N) is 1. The third-order valence-electron chi connectivity index (χ3n) is 2.48. The Morgan fingerprint density at radius 3 is 2.81 bits per heavy atom. The molecule has 0 spiro atoms. The van der Waals surface area contributed by atoms with Crippen molar-refractivity contribution in [3.8, 4) is 5.75 Å². The van der Waals surface area contributed by atoms with Crippen molar-refractivity contribution in [2.24, 2.45) is 0 Å². The molecule has 1 aromatic rings. The molecular formula is C11H13NO3S. The summed E-state index contributed by atoms with van der Waals surface area (Å²) in [6.07, 6.45) is 0. The van der Waals surface area contributed by atoms with Crippen LogP contribution in [0.1, 0.15) is 12.5 Å². The van der Waals surface area contributed by atoms with Crippen molar-refractivity contribution in [1.29, 1.82) is 0 Å². The van der Waals surface area contributed by atoms with Crippen molar-refractivity contribution in [3.63, 3.8) is 0 Å². The summed E-state index contributed by atoms with van der Waals surface area (Å²) in [4.78, 5) is 0.276. The number of rotatable bonds is 3. The number of hydrogen-bond donors (Lipinski definition) is 2. The lowest BCUT2D eigenvalue weighted by Gasteiger charge is -2.05. The van der Waals surface area contributed by atoms with Gasteiger partial charge >= 0.3 is 0 Å². The van der Waals surface area contributed by atoms with Crippen LogP contribution in [0.5, 0.6) is 5.75 Å². The first-order valence-corrected chi connectivity index (χ1v) is 6.59. The Morgan fingerprint density at radius 1 is 1.38 bits per heavy atom. The number of likely N-dealkylation sites (N-methyl/N-ethyl adjacent to an activating group) is 1. The van der Waals surface area contributed by atoms with Crippen LogP contribution in [-0.4, -0.2) is 26.6 Å². The molecule has 0 fully saturated rings. The van der Waals surface area contributed by atoms with E-state index in [0.29, 0.717) is 17.7 Å². The van der Waals surface area contributed by atoms with E-state index in [1.54, 1.807) is 0 Å². The molecule has 0 amide bonds. The molecule has 0 unspecified atom stereocenters. The number of phenolic OH excluding ortho intramolecular Hbond substituents is 1. The van der Waals surface area contributed by atoms with Gasteiger partial charge < -0.3 is 10.4 Å². The second-order valence-corrected chi connectivity index (χ2v) is 5.41. The zero-order chi connectivity index (χ0) is 11.8. The van der Waals surface area contributed by atoms with Gasteiger partial charge in [0.05, 0.1) is 4.90 Å². The number of aromatic hydroxyl groups is 1. The first-order chi connectivity index (χ1) is 7.54. The second-order valence-electron chi connectivity index (χ2n) is 3.65. The van der Waals surface area contributed by atoms with Crippen LogP contribution in [0.3, 0.4) is 0 Å². The number of hydrogen-bond acceptors (Lipinski definition) is 4. The Bertz CT molecular complexity index is 546. The predicted molar refractivity (Wildman–Crippen MR) is 61.8 cm³/mol. The van der Waals surface area contributed by atoms with Crippen LogP contribution in [0.15, 0.2) is 28.5 Å². The van der Waals surface area contributed by atoms with E-state index in [9.17, 15) is 13.5 Å². The van der Waals surface area contributed by atoms with E-state index in [2.05, 4.69) is 5.32 Å². The van der Waals surface area contributed by atoms with Crippen LogP contribution in [0.2, 0.25) is 0 Å². The Hall–Kier alpha value is -1.33. The zero-order valence-corrected chi connectivity index (χ0v) is 9.71. The maximum atomic E-state index is 11.8. The standard InChI is InChI=1S/C11H13NO3S/c1-2-12-6-8-7-16(14,15)11-4-3-9(13)5-10(8)11/h3-5,7,12-13H,2,6H2,1H3. The molecule has 1 aromatic carbocycles. The molecule has 0 bridgehead atoms. The summed E-state index contributed by atoms with van der Waals surface area (Å²) in [5.74, 6) is 0.0817. The molecule has 0 saturated heterocycles. The summed E-state index contributed by atoms with van der Waals surface area (Å²) < 4.78 is 23.5. The molecular weight excluding hydrogens is 226 g/mol. The predicted octanol–water partition coefficient (Wildman–Crippen LogP) is 1.13. The minimum Gasteiger partial charge on any atom is -0.508 e. The molecule has 0 aliphatic carbocycles. The van der Waals surface area contributed by atoms with E-state index in [0.717, 1.165) is 6.54 Å². The van der Waals surface area contributed by atoms with E-state index in [4.69, 9.17) is 0 Å². The minimum absolute atomic E-state index is 0.0817. The quantitative estimate of drug-likeness (QED) is 0.829. The highest BCUT2D eigenvalue weighted by molar-refractivity contribution is 7.95. The fourth-order valence-corrected chi connectivity index (χ4v) is 3.19. The molecule has 0 atom stereocenters. The van der Waals surface area contributed by atoms with Gasteiger partial charge in [-0.2, -0.15) is 0 Å². The highest BCUT2D eigenvalue weighted by Gasteiger charge is 2.26. The van der Waals surface area contributed by atoms with Gasteiger partial charge in [-0.1, -0.05) is 6.92 Å². The molecule has 1 aliphatic heterocycles. The van der Waals surface area contributed by atoms with Crippen LogP contribution in [-0.2, 0) is 9.84 Å². The topological polar surface area (TPSA) is 66.4 Å². The summed E-state index contributed by atoms with van der Waals surface area (Å²) in [6, 6.07) is 4.32. The second kappa shape index (κ2) is 3.92. The molecule has 0 saturated carbocycles. The van der Waals surface area contributed by atoms with Crippen LogP contribution >= 0.6 is 0 Å². The maximum Gasteiger partial charge on any atom is 0.200 e. The summed E-state index contributed by atoms with van der Waals surface area (Å²) in [5, 5.41) is 13.7. The normalized spacial score (nSPS) is 16.9. The van der Waals surface area contributed by atoms with Gasteiger partial charge in [0.1, 0.15) is 5.75 Å². The van der Waals surface area contributed by atoms with Crippen LogP contribution in [0.25, 0.3) is 5.57 Å². The Balaban J connectivity index is 2.49. The molecule has 0 aromatic heterocycles. The molecule has 16 heavy (non-hydrogen) atoms. The number of sulfone groups is 1. The average molecular weight is 239 g/mol. The van der Waals surface area contributed by atoms with Gasteiger partial charge in [0.2, 0.25) is 9.84 Å². The largest absolute Gasteiger partial charge is 0.508 e. The van der Waals surface area contributed by atoms with Gasteiger partial charge in [-0.05, 0) is 30.3 Å². The summed E-state index contributed by atoms with van der Waals surface area (Å²) in [6.45, 7) is 3.21. The highest BCUT2D eigenvalue weighted by Crippen LogP contribution is 2.34. The molecule has 4 nitrogen and oxygen atoms in total. The first kappa shape index (κ1) is 11.2. The Labute approximate surface area is 94.5 Å². The van der Waals surface area contributed by atoms with Gasteiger partial charge in [-0.25, -0.2) is 8.42 Å². The maximum absolute atomic E-state index is 11.8. The fourth-order valence-electron chi connectivity index (χ4n) is 1.73. The summed E-state index contributed by atoms with van der Waals surface area (Å²) >= 11 is 0. The van der Waals surface area contributed by atoms with Crippen molar-refractivity contribution in [2.75, 3.05) is 13.1 Å². The smallest absolute Gasteiger partial charge is 0.200 e. The van der Waals surface area contributed by atoms with E-state index in [1.807, 2.05) is 6.92 Å². The SMILES string of the molecule is CCNCC1=CS(=O)(=O)c2ccc(O)cc21. The molecule has 2 rings (SSSR count). The monoisotopic (exact) mass is 239 g/mol. The zero-order valence-electron chi connectivity index (χ0n) is 8.90. The van der Waals surface area contributed by atoms with E-state index < -0.39 is 9.84 Å². The highest BCUT2D eigenvalue weighted by atomic mass is 32.2. The van der Waals surface area contributed by atoms with Crippen molar-refractivity contribution in [3.05, 3.63) is 29.2 Å². The van der Waals surface area contributed by atoms with E-state index >= 15 is 0 Å². The van der Waals surface area contributed by atoms with Crippen LogP contribution in [0, 0.1) is 0 Å². The lowest BCUT2D eigenvalue weighted by atomic mass is 10.1. The van der Waals surface area contributed by atoms with E-state index in [1.165, 1.54) is 23.6 Å². The number of benzene rings is 1. The van der Waals surface area contributed by atoms with Crippen molar-refractivity contribution >= 4 is 15.4 Å². The minimum atomic E-state index is -3.32. The Kier molecular flexibility index (Phi) is 2.73. The first-order valence-electron chi connectivity index (χ1n) is 5.04. The molecule has 5 heteroatoms. The molecule has 1 aliphatic rings.